The zero-order valence-electron chi connectivity index (χ0n) is 12.5. The van der Waals surface area contributed by atoms with Gasteiger partial charge in [-0.25, -0.2) is 0 Å². The maximum absolute atomic E-state index is 12.5. The van der Waals surface area contributed by atoms with Crippen molar-refractivity contribution in [2.75, 3.05) is 0 Å². The average Bonchev–Trinajstić information content (AvgIpc) is 2.74. The lowest BCUT2D eigenvalue weighted by Gasteiger charge is -2.35. The maximum Gasteiger partial charge on any atom is 0.224 e. The number of nitrogens with zero attached hydrogens (tertiary/aromatic N) is 1. The first-order valence-corrected chi connectivity index (χ1v) is 7.13. The van der Waals surface area contributed by atoms with Crippen LogP contribution < -0.4 is 11.1 Å². The molecule has 5 nitrogen and oxygen atoms in total. The highest BCUT2D eigenvalue weighted by Gasteiger charge is 2.42. The van der Waals surface area contributed by atoms with E-state index in [1.807, 2.05) is 13.8 Å². The van der Waals surface area contributed by atoms with Crippen molar-refractivity contribution >= 4 is 11.7 Å². The van der Waals surface area contributed by atoms with Gasteiger partial charge in [-0.15, -0.1) is 0 Å². The monoisotopic (exact) mass is 269 g/mol. The highest BCUT2D eigenvalue weighted by molar-refractivity contribution is 5.94. The smallest absolute Gasteiger partial charge is 0.224 e. The number of amides is 1. The van der Waals surface area contributed by atoms with E-state index in [1.165, 1.54) is 0 Å². The van der Waals surface area contributed by atoms with Crippen LogP contribution in [-0.4, -0.2) is 22.5 Å². The molecule has 1 unspecified atom stereocenters. The summed E-state index contributed by atoms with van der Waals surface area (Å²) in [6, 6.07) is 0. The summed E-state index contributed by atoms with van der Waals surface area (Å²) in [7, 11) is 0. The van der Waals surface area contributed by atoms with Gasteiger partial charge in [0.1, 0.15) is 5.54 Å². The minimum atomic E-state index is -0.732. The van der Waals surface area contributed by atoms with Crippen LogP contribution >= 0.6 is 0 Å². The first-order valence-electron chi connectivity index (χ1n) is 7.13. The number of hydrogen-bond donors (Lipinski definition) is 3. The third-order valence-corrected chi connectivity index (χ3v) is 4.74. The van der Waals surface area contributed by atoms with E-state index >= 15 is 0 Å². The van der Waals surface area contributed by atoms with Gasteiger partial charge in [-0.3, -0.25) is 4.79 Å². The van der Waals surface area contributed by atoms with E-state index in [2.05, 4.69) is 24.3 Å². The normalized spacial score (nSPS) is 23.4. The van der Waals surface area contributed by atoms with E-state index in [0.29, 0.717) is 12.8 Å². The Labute approximate surface area is 115 Å². The number of hydrogen-bond acceptors (Lipinski definition) is 3. The molecule has 1 aliphatic rings. The van der Waals surface area contributed by atoms with Gasteiger partial charge >= 0.3 is 0 Å². The van der Waals surface area contributed by atoms with Crippen molar-refractivity contribution in [2.45, 2.75) is 65.3 Å². The summed E-state index contributed by atoms with van der Waals surface area (Å²) < 4.78 is 0. The second-order valence-electron chi connectivity index (χ2n) is 6.20. The fourth-order valence-electron chi connectivity index (χ4n) is 3.08. The summed E-state index contributed by atoms with van der Waals surface area (Å²) in [6.07, 6.45) is 4.29. The Morgan fingerprint density at radius 1 is 1.47 bits per heavy atom. The predicted octanol–water partition coefficient (Wildman–Crippen LogP) is 2.23. The molecular weight excluding hydrogens is 242 g/mol. The lowest BCUT2D eigenvalue weighted by atomic mass is 9.80. The molecule has 19 heavy (non-hydrogen) atoms. The topological polar surface area (TPSA) is 87.7 Å². The van der Waals surface area contributed by atoms with Crippen LogP contribution in [0.2, 0.25) is 0 Å². The molecule has 0 aliphatic heterocycles. The number of nitrogens with two attached hydrogens (primary N) is 1. The highest BCUT2D eigenvalue weighted by atomic mass is 16.4. The number of amidine groups is 1. The van der Waals surface area contributed by atoms with Crippen molar-refractivity contribution in [1.82, 2.24) is 5.32 Å². The molecule has 1 fully saturated rings. The fraction of sp³-hybridized carbons (Fsp3) is 0.857. The molecule has 4 N–H and O–H groups in total. The molecule has 0 aromatic carbocycles. The van der Waals surface area contributed by atoms with Crippen LogP contribution in [0.15, 0.2) is 5.16 Å². The van der Waals surface area contributed by atoms with E-state index < -0.39 is 5.54 Å². The van der Waals surface area contributed by atoms with Crippen molar-refractivity contribution in [3.63, 3.8) is 0 Å². The number of nitrogens with one attached hydrogen (secondary N) is 1. The minimum Gasteiger partial charge on any atom is -0.409 e. The van der Waals surface area contributed by atoms with Gasteiger partial charge in [-0.1, -0.05) is 39.3 Å². The molecule has 0 saturated heterocycles. The Bertz CT molecular complexity index is 360. The summed E-state index contributed by atoms with van der Waals surface area (Å²) >= 11 is 0. The molecule has 0 heterocycles. The number of rotatable bonds is 5. The van der Waals surface area contributed by atoms with Crippen LogP contribution in [0.1, 0.15) is 59.8 Å². The van der Waals surface area contributed by atoms with E-state index in [9.17, 15) is 4.79 Å². The standard InChI is InChI=1S/C14H27N3O2/c1-5-14(6-2,12(15)17-19)16-11(18)10-8-7-9-13(10,3)4/h10,19H,5-9H2,1-4H3,(H2,15,17)(H,16,18). The van der Waals surface area contributed by atoms with Gasteiger partial charge < -0.3 is 16.3 Å². The third-order valence-electron chi connectivity index (χ3n) is 4.74. The summed E-state index contributed by atoms with van der Waals surface area (Å²) in [5.74, 6) is 0.121. The summed E-state index contributed by atoms with van der Waals surface area (Å²) in [5, 5.41) is 15.0. The van der Waals surface area contributed by atoms with Gasteiger partial charge in [-0.05, 0) is 31.1 Å². The zero-order chi connectivity index (χ0) is 14.7. The van der Waals surface area contributed by atoms with Crippen LogP contribution in [0, 0.1) is 11.3 Å². The Hall–Kier alpha value is -1.26. The number of oxime groups is 1. The SMILES string of the molecule is CCC(CC)(NC(=O)C1CCCC1(C)C)C(N)=NO. The molecule has 0 radical (unpaired) electrons. The van der Waals surface area contributed by atoms with Crippen LogP contribution in [0.5, 0.6) is 0 Å². The number of carbonyl (C=O) groups excluding carboxylic acids is 1. The lowest BCUT2D eigenvalue weighted by molar-refractivity contribution is -0.129. The average molecular weight is 269 g/mol. The first-order chi connectivity index (χ1) is 8.83. The Morgan fingerprint density at radius 2 is 2.05 bits per heavy atom. The maximum atomic E-state index is 12.5. The lowest BCUT2D eigenvalue weighted by Crippen LogP contribution is -2.58. The van der Waals surface area contributed by atoms with Gasteiger partial charge in [0.05, 0.1) is 0 Å². The minimum absolute atomic E-state index is 0.0106. The molecule has 0 aromatic rings. The molecular formula is C14H27N3O2. The van der Waals surface area contributed by atoms with Crippen LogP contribution in [0.3, 0.4) is 0 Å². The van der Waals surface area contributed by atoms with E-state index in [1.54, 1.807) is 0 Å². The second kappa shape index (κ2) is 5.80. The Morgan fingerprint density at radius 3 is 2.42 bits per heavy atom. The number of carbonyl (C=O) groups is 1. The van der Waals surface area contributed by atoms with Crippen molar-refractivity contribution in [3.05, 3.63) is 0 Å². The van der Waals surface area contributed by atoms with Gasteiger partial charge in [0.25, 0.3) is 0 Å². The summed E-state index contributed by atoms with van der Waals surface area (Å²) in [6.45, 7) is 8.13. The van der Waals surface area contributed by atoms with E-state index in [4.69, 9.17) is 10.9 Å². The zero-order valence-corrected chi connectivity index (χ0v) is 12.5. The molecule has 1 rings (SSSR count). The molecule has 1 saturated carbocycles. The quantitative estimate of drug-likeness (QED) is 0.309. The van der Waals surface area contributed by atoms with Crippen molar-refractivity contribution < 1.29 is 10.0 Å². The first kappa shape index (κ1) is 15.8. The predicted molar refractivity (Wildman–Crippen MR) is 76.0 cm³/mol. The Balaban J connectivity index is 2.89. The molecule has 0 spiro atoms. The van der Waals surface area contributed by atoms with Crippen LogP contribution in [-0.2, 0) is 4.79 Å². The molecule has 5 heteroatoms. The van der Waals surface area contributed by atoms with Crippen LogP contribution in [0.4, 0.5) is 0 Å². The van der Waals surface area contributed by atoms with Crippen molar-refractivity contribution in [2.24, 2.45) is 22.2 Å². The van der Waals surface area contributed by atoms with Gasteiger partial charge in [0.15, 0.2) is 5.84 Å². The van der Waals surface area contributed by atoms with Gasteiger partial charge in [0.2, 0.25) is 5.91 Å². The van der Waals surface area contributed by atoms with Gasteiger partial charge in [-0.2, -0.15) is 0 Å². The second-order valence-corrected chi connectivity index (χ2v) is 6.20. The summed E-state index contributed by atoms with van der Waals surface area (Å²) in [4.78, 5) is 12.5. The van der Waals surface area contributed by atoms with Crippen molar-refractivity contribution in [1.29, 1.82) is 0 Å². The van der Waals surface area contributed by atoms with E-state index in [0.717, 1.165) is 19.3 Å². The van der Waals surface area contributed by atoms with E-state index in [-0.39, 0.29) is 23.1 Å². The molecule has 0 bridgehead atoms. The van der Waals surface area contributed by atoms with Gasteiger partial charge in [0, 0.05) is 5.92 Å². The Kier molecular flexibility index (Phi) is 4.82. The summed E-state index contributed by atoms with van der Waals surface area (Å²) in [5.41, 5.74) is 5.07. The fourth-order valence-corrected chi connectivity index (χ4v) is 3.08. The van der Waals surface area contributed by atoms with Crippen LogP contribution in [0.25, 0.3) is 0 Å². The highest BCUT2D eigenvalue weighted by Crippen LogP contribution is 2.42. The molecule has 1 amide bonds. The van der Waals surface area contributed by atoms with Crippen molar-refractivity contribution in [3.8, 4) is 0 Å². The largest absolute Gasteiger partial charge is 0.409 e. The molecule has 1 aliphatic carbocycles. The molecule has 1 atom stereocenters. The third kappa shape index (κ3) is 3.01. The molecule has 0 aromatic heterocycles. The molecule has 110 valence electrons.